The van der Waals surface area contributed by atoms with E-state index in [0.29, 0.717) is 0 Å². The molecule has 4 aliphatic carbocycles. The summed E-state index contributed by atoms with van der Waals surface area (Å²) in [6.45, 7) is 17.0. The van der Waals surface area contributed by atoms with Crippen LogP contribution in [0.1, 0.15) is 38.8 Å². The Morgan fingerprint density at radius 2 is 0.885 bits per heavy atom. The normalized spacial score (nSPS) is 26.9. The van der Waals surface area contributed by atoms with E-state index in [1.165, 1.54) is 22.3 Å². The maximum Gasteiger partial charge on any atom is 0.217 e. The van der Waals surface area contributed by atoms with E-state index in [1.807, 2.05) is 0 Å². The van der Waals surface area contributed by atoms with E-state index < -0.39 is 21.6 Å². The van der Waals surface area contributed by atoms with Crippen LogP contribution in [0.4, 0.5) is 0 Å². The van der Waals surface area contributed by atoms with Gasteiger partial charge in [0.25, 0.3) is 0 Å². The summed E-state index contributed by atoms with van der Waals surface area (Å²) in [7, 11) is 1.03. The minimum Gasteiger partial charge on any atom is -0.726 e. The molecule has 6 rings (SSSR count). The first-order valence-electron chi connectivity index (χ1n) is 18.5. The van der Waals surface area contributed by atoms with Crippen LogP contribution >= 0.6 is 0 Å². The van der Waals surface area contributed by atoms with Crippen molar-refractivity contribution in [2.45, 2.75) is 49.7 Å². The summed E-state index contributed by atoms with van der Waals surface area (Å²) in [4.78, 5) is 0. The highest BCUT2D eigenvalue weighted by atomic mass is 32.3. The lowest BCUT2D eigenvalue weighted by Crippen LogP contribution is -2.57. The first-order chi connectivity index (χ1) is 24.7. The summed E-state index contributed by atoms with van der Waals surface area (Å²) in [6.07, 6.45) is 26.8. The van der Waals surface area contributed by atoms with Gasteiger partial charge in [-0.05, 0) is 62.1 Å². The number of allylic oxidation sites excluding steroid dienone is 4. The monoisotopic (exact) mass is 729 g/mol. The summed E-state index contributed by atoms with van der Waals surface area (Å²) in [5.74, 6) is 0. The van der Waals surface area contributed by atoms with Gasteiger partial charge in [0.1, 0.15) is 24.3 Å². The van der Waals surface area contributed by atoms with E-state index in [9.17, 15) is 13.0 Å². The molecule has 0 saturated heterocycles. The van der Waals surface area contributed by atoms with Crippen molar-refractivity contribution < 1.29 is 35.6 Å². The molecule has 0 aromatic heterocycles. The minimum absolute atomic E-state index is 0.267. The number of fused-ring (bicyclic) bond motifs is 2. The molecule has 2 aromatic rings. The molecule has 0 bridgehead atoms. The molecule has 0 heterocycles. The highest BCUT2D eigenvalue weighted by Crippen LogP contribution is 2.53. The van der Waals surface area contributed by atoms with Gasteiger partial charge in [-0.15, -0.1) is 0 Å². The van der Waals surface area contributed by atoms with Crippen LogP contribution in [-0.2, 0) is 34.9 Å². The molecular weight excluding hydrogens is 673 g/mol. The second-order valence-electron chi connectivity index (χ2n) is 14.8. The maximum absolute atomic E-state index is 9.22. The van der Waals surface area contributed by atoms with Crippen LogP contribution in [-0.4, -0.2) is 107 Å². The highest BCUT2D eigenvalue weighted by Gasteiger charge is 2.55. The van der Waals surface area contributed by atoms with Crippen molar-refractivity contribution in [1.82, 2.24) is 0 Å². The lowest BCUT2D eigenvalue weighted by molar-refractivity contribution is -0.906. The Bertz CT molecular complexity index is 1720. The zero-order valence-corrected chi connectivity index (χ0v) is 32.8. The zero-order chi connectivity index (χ0) is 37.7. The lowest BCUT2D eigenvalue weighted by atomic mass is 9.57. The number of likely N-dealkylation sites (N-methyl/N-ethyl adjacent to an activating group) is 2. The molecule has 8 nitrogen and oxygen atoms in total. The van der Waals surface area contributed by atoms with E-state index in [4.69, 9.17) is 9.47 Å². The number of hydrogen-bond donors (Lipinski definition) is 0. The molecule has 2 aromatic carbocycles. The molecule has 0 N–H and O–H groups in total. The molecule has 0 spiro atoms. The van der Waals surface area contributed by atoms with Gasteiger partial charge in [-0.3, -0.25) is 4.18 Å². The molecule has 0 saturated carbocycles. The highest BCUT2D eigenvalue weighted by molar-refractivity contribution is 7.80. The number of quaternary nitrogens is 2. The fourth-order valence-corrected chi connectivity index (χ4v) is 7.52. The Balaban J connectivity index is 0.000000803. The minimum atomic E-state index is -4.41. The topological polar surface area (TPSA) is 84.9 Å². The van der Waals surface area contributed by atoms with Crippen LogP contribution in [0.5, 0.6) is 0 Å². The number of ether oxygens (including phenoxy) is 2. The molecule has 0 radical (unpaired) electrons. The molecule has 4 unspecified atom stereocenters. The third kappa shape index (κ3) is 7.51. The second kappa shape index (κ2) is 15.5. The third-order valence-corrected chi connectivity index (χ3v) is 12.8. The Morgan fingerprint density at radius 3 is 1.15 bits per heavy atom. The zero-order valence-electron chi connectivity index (χ0n) is 32.0. The Hall–Kier alpha value is -3.41. The first kappa shape index (κ1) is 39.8. The van der Waals surface area contributed by atoms with Gasteiger partial charge in [0.05, 0.1) is 71.4 Å². The van der Waals surface area contributed by atoms with Crippen LogP contribution in [0.15, 0.2) is 121 Å². The lowest BCUT2D eigenvalue weighted by Gasteiger charge is -2.52. The largest absolute Gasteiger partial charge is 0.726 e. The average molecular weight is 730 g/mol. The van der Waals surface area contributed by atoms with Crippen molar-refractivity contribution in [1.29, 1.82) is 0 Å². The second-order valence-corrected chi connectivity index (χ2v) is 16.0. The van der Waals surface area contributed by atoms with E-state index in [-0.39, 0.29) is 10.8 Å². The predicted octanol–water partition coefficient (Wildman–Crippen LogP) is 6.80. The van der Waals surface area contributed by atoms with Gasteiger partial charge in [0.2, 0.25) is 10.4 Å². The van der Waals surface area contributed by atoms with Gasteiger partial charge in [0, 0.05) is 0 Å². The number of nitrogens with zero attached hydrogens (tertiary/aromatic N) is 2. The van der Waals surface area contributed by atoms with Gasteiger partial charge in [-0.25, -0.2) is 8.42 Å². The maximum atomic E-state index is 9.22. The standard InChI is InChI=1S/C42H54N2O2.CH4O4S/c1-7-43(5,8-2)31-33-45-41-25-13-11-23-39(41,27-29-41)37-19-15-35(16-20-37)36-17-21-38(22-18-36)40-24-12-14-26-42(40,30-28-40)46-34-32-44(6,9-3)10-4;1-5-6(2,3)4/h11-30H,7-10,31-34H2,1-6H3;1H3,(H,2,3,4)/q+2;/p-1. The van der Waals surface area contributed by atoms with Crippen LogP contribution in [0.25, 0.3) is 11.1 Å². The average Bonchev–Trinajstić information content (AvgIpc) is 3.14. The van der Waals surface area contributed by atoms with Gasteiger partial charge in [-0.2, -0.15) is 0 Å². The predicted molar refractivity (Wildman–Crippen MR) is 208 cm³/mol. The van der Waals surface area contributed by atoms with Gasteiger partial charge in [-0.1, -0.05) is 109 Å². The van der Waals surface area contributed by atoms with Crippen molar-refractivity contribution in [3.8, 4) is 11.1 Å². The van der Waals surface area contributed by atoms with Gasteiger partial charge >= 0.3 is 0 Å². The summed E-state index contributed by atoms with van der Waals surface area (Å²) in [6, 6.07) is 18.2. The van der Waals surface area contributed by atoms with Crippen LogP contribution in [0, 0.1) is 0 Å². The molecule has 4 aliphatic rings. The third-order valence-electron chi connectivity index (χ3n) is 12.4. The summed E-state index contributed by atoms with van der Waals surface area (Å²) in [5.41, 5.74) is 3.58. The smallest absolute Gasteiger partial charge is 0.217 e. The van der Waals surface area contributed by atoms with E-state index in [0.717, 1.165) is 68.6 Å². The Morgan fingerprint density at radius 1 is 0.558 bits per heavy atom. The van der Waals surface area contributed by atoms with Crippen molar-refractivity contribution in [2.75, 3.05) is 73.7 Å². The SMILES string of the molecule is CC[N+](C)(CC)CCOC12C=CC=CC1(c1ccc(-c3ccc(C45C=CC=CC4(OCC[N+](C)(CC)CC)C=C5)cc3)cc1)C=C2.COS(=O)(=O)[O-]. The summed E-state index contributed by atoms with van der Waals surface area (Å²) in [5, 5.41) is 0. The molecule has 52 heavy (non-hydrogen) atoms. The Labute approximate surface area is 312 Å². The van der Waals surface area contributed by atoms with Gasteiger partial charge < -0.3 is 23.0 Å². The summed E-state index contributed by atoms with van der Waals surface area (Å²) >= 11 is 0. The fourth-order valence-electron chi connectivity index (χ4n) is 7.52. The molecule has 0 amide bonds. The first-order valence-corrected chi connectivity index (χ1v) is 19.9. The van der Waals surface area contributed by atoms with Crippen molar-refractivity contribution in [3.63, 3.8) is 0 Å². The molecule has 9 heteroatoms. The quantitative estimate of drug-likeness (QED) is 0.0819. The molecule has 0 fully saturated rings. The van der Waals surface area contributed by atoms with E-state index in [2.05, 4.69) is 167 Å². The van der Waals surface area contributed by atoms with Crippen molar-refractivity contribution in [2.24, 2.45) is 0 Å². The molecule has 280 valence electrons. The van der Waals surface area contributed by atoms with Crippen molar-refractivity contribution in [3.05, 3.63) is 133 Å². The fraction of sp³-hybridized carbons (Fsp3) is 0.442. The van der Waals surface area contributed by atoms with Crippen LogP contribution in [0.3, 0.4) is 0 Å². The Kier molecular flexibility index (Phi) is 11.9. The van der Waals surface area contributed by atoms with E-state index >= 15 is 0 Å². The molecular formula is C43H57N2O6S+. The van der Waals surface area contributed by atoms with Crippen LogP contribution in [0.2, 0.25) is 0 Å². The number of rotatable bonds is 16. The summed E-state index contributed by atoms with van der Waals surface area (Å²) < 4.78 is 46.5. The number of benzene rings is 2. The van der Waals surface area contributed by atoms with Crippen LogP contribution < -0.4 is 0 Å². The van der Waals surface area contributed by atoms with E-state index in [1.54, 1.807) is 0 Å². The molecule has 4 atom stereocenters. The van der Waals surface area contributed by atoms with Crippen molar-refractivity contribution >= 4 is 10.4 Å². The van der Waals surface area contributed by atoms with Gasteiger partial charge in [0.15, 0.2) is 0 Å². The number of hydrogen-bond acceptors (Lipinski definition) is 6. The molecule has 0 aliphatic heterocycles.